The second-order valence-electron chi connectivity index (χ2n) is 8.49. The topological polar surface area (TPSA) is 112 Å². The fourth-order valence-electron chi connectivity index (χ4n) is 4.30. The van der Waals surface area contributed by atoms with E-state index in [1.807, 2.05) is 24.8 Å². The van der Waals surface area contributed by atoms with Gasteiger partial charge in [0.1, 0.15) is 11.2 Å². The minimum absolute atomic E-state index is 0.00385. The summed E-state index contributed by atoms with van der Waals surface area (Å²) in [5.74, 6) is -0.516. The van der Waals surface area contributed by atoms with Crippen LogP contribution in [0.1, 0.15) is 26.7 Å². The van der Waals surface area contributed by atoms with Gasteiger partial charge < -0.3 is 16.1 Å². The first-order chi connectivity index (χ1) is 15.4. The van der Waals surface area contributed by atoms with Gasteiger partial charge >= 0.3 is 0 Å². The van der Waals surface area contributed by atoms with Crippen molar-refractivity contribution in [2.45, 2.75) is 32.7 Å². The molecule has 5 heterocycles. The van der Waals surface area contributed by atoms with Crippen molar-refractivity contribution < 1.29 is 9.18 Å². The number of hydrogen-bond donors (Lipinski definition) is 3. The second kappa shape index (κ2) is 7.86. The fourth-order valence-corrected chi connectivity index (χ4v) is 4.30. The molecule has 1 saturated heterocycles. The van der Waals surface area contributed by atoms with E-state index in [2.05, 4.69) is 25.9 Å². The maximum absolute atomic E-state index is 14.0. The number of carbonyl (C=O) groups excluding carboxylic acids is 1. The van der Waals surface area contributed by atoms with Gasteiger partial charge in [0.05, 0.1) is 29.1 Å². The molecule has 0 atom stereocenters. The van der Waals surface area contributed by atoms with Crippen molar-refractivity contribution in [3.63, 3.8) is 0 Å². The molecule has 166 valence electrons. The molecule has 0 saturated carbocycles. The lowest BCUT2D eigenvalue weighted by molar-refractivity contribution is -0.135. The van der Waals surface area contributed by atoms with Gasteiger partial charge in [0.25, 0.3) is 0 Å². The molecule has 0 spiro atoms. The molecule has 9 nitrogen and oxygen atoms in total. The predicted molar refractivity (Wildman–Crippen MR) is 121 cm³/mol. The highest BCUT2D eigenvalue weighted by Gasteiger charge is 2.33. The number of nitrogen functional groups attached to an aromatic ring is 1. The van der Waals surface area contributed by atoms with Crippen molar-refractivity contribution >= 4 is 34.1 Å². The largest absolute Gasteiger partial charge is 0.381 e. The van der Waals surface area contributed by atoms with E-state index in [-0.39, 0.29) is 23.7 Å². The SMILES string of the molecule is CC(C)C(=O)N1CCC(N2NNc3cnc4ccc(-c5cnc(N)c(F)c5)nc4c32)CC1. The normalized spacial score (nSPS) is 16.5. The first kappa shape index (κ1) is 20.4. The number of pyridine rings is 3. The van der Waals surface area contributed by atoms with Gasteiger partial charge in [0.2, 0.25) is 5.91 Å². The van der Waals surface area contributed by atoms with Gasteiger partial charge in [-0.05, 0) is 31.0 Å². The summed E-state index contributed by atoms with van der Waals surface area (Å²) in [7, 11) is 0. The number of likely N-dealkylation sites (tertiary alicyclic amines) is 1. The van der Waals surface area contributed by atoms with Gasteiger partial charge in [-0.2, -0.15) is 0 Å². The van der Waals surface area contributed by atoms with Crippen LogP contribution in [0, 0.1) is 11.7 Å². The van der Waals surface area contributed by atoms with E-state index in [1.54, 1.807) is 12.3 Å². The number of amides is 1. The Morgan fingerprint density at radius 2 is 2.00 bits per heavy atom. The number of anilines is 3. The minimum atomic E-state index is -0.575. The van der Waals surface area contributed by atoms with Gasteiger partial charge in [-0.15, -0.1) is 5.53 Å². The van der Waals surface area contributed by atoms with Crippen LogP contribution >= 0.6 is 0 Å². The standard InChI is InChI=1S/C22H25FN8O/c1-12(2)22(32)30-7-5-14(6-8-30)31-20-18(28-29-31)11-25-17-4-3-16(27-19(17)20)13-9-15(23)21(24)26-10-13/h3-4,9-12,14,28-29H,5-8H2,1-2H3,(H2,24,26). The average Bonchev–Trinajstić information content (AvgIpc) is 3.25. The van der Waals surface area contributed by atoms with Crippen LogP contribution in [0.15, 0.2) is 30.6 Å². The van der Waals surface area contributed by atoms with Crippen LogP contribution < -0.4 is 21.7 Å². The van der Waals surface area contributed by atoms with Crippen LogP contribution in [0.3, 0.4) is 0 Å². The number of halogens is 1. The van der Waals surface area contributed by atoms with E-state index in [9.17, 15) is 9.18 Å². The van der Waals surface area contributed by atoms with Crippen molar-refractivity contribution in [3.8, 4) is 11.3 Å². The van der Waals surface area contributed by atoms with Gasteiger partial charge in [-0.25, -0.2) is 14.4 Å². The lowest BCUT2D eigenvalue weighted by atomic mass is 10.0. The maximum atomic E-state index is 14.0. The Balaban J connectivity index is 1.47. The highest BCUT2D eigenvalue weighted by atomic mass is 19.1. The summed E-state index contributed by atoms with van der Waals surface area (Å²) in [6.45, 7) is 5.30. The predicted octanol–water partition coefficient (Wildman–Crippen LogP) is 2.71. The molecule has 3 aromatic heterocycles. The third-order valence-electron chi connectivity index (χ3n) is 6.04. The van der Waals surface area contributed by atoms with E-state index < -0.39 is 5.82 Å². The zero-order valence-electron chi connectivity index (χ0n) is 18.0. The summed E-state index contributed by atoms with van der Waals surface area (Å²) >= 11 is 0. The van der Waals surface area contributed by atoms with Crippen molar-refractivity contribution in [1.29, 1.82) is 0 Å². The fraction of sp³-hybridized carbons (Fsp3) is 0.364. The number of piperidine rings is 1. The van der Waals surface area contributed by atoms with Crippen LogP contribution in [0.5, 0.6) is 0 Å². The summed E-state index contributed by atoms with van der Waals surface area (Å²) in [6.07, 6.45) is 4.96. The zero-order valence-corrected chi connectivity index (χ0v) is 18.0. The van der Waals surface area contributed by atoms with Crippen LogP contribution in [0.4, 0.5) is 21.6 Å². The molecule has 0 aromatic carbocycles. The third kappa shape index (κ3) is 3.46. The number of nitrogens with two attached hydrogens (primary N) is 1. The van der Waals surface area contributed by atoms with Gasteiger partial charge in [0.15, 0.2) is 11.6 Å². The van der Waals surface area contributed by atoms with Crippen LogP contribution in [0.25, 0.3) is 22.3 Å². The van der Waals surface area contributed by atoms with Gasteiger partial charge in [-0.3, -0.25) is 14.8 Å². The number of aromatic nitrogens is 3. The molecule has 4 N–H and O–H groups in total. The van der Waals surface area contributed by atoms with Crippen molar-refractivity contribution in [1.82, 2.24) is 25.4 Å². The zero-order chi connectivity index (χ0) is 22.4. The summed E-state index contributed by atoms with van der Waals surface area (Å²) in [5, 5.41) is 2.08. The Labute approximate surface area is 184 Å². The molecular formula is C22H25FN8O. The third-order valence-corrected chi connectivity index (χ3v) is 6.04. The van der Waals surface area contributed by atoms with E-state index in [0.29, 0.717) is 29.9 Å². The average molecular weight is 436 g/mol. The van der Waals surface area contributed by atoms with E-state index in [0.717, 1.165) is 29.7 Å². The number of carbonyl (C=O) groups is 1. The molecule has 1 fully saturated rings. The monoisotopic (exact) mass is 436 g/mol. The summed E-state index contributed by atoms with van der Waals surface area (Å²) in [5.41, 5.74) is 16.2. The lowest BCUT2D eigenvalue weighted by Crippen LogP contribution is -2.51. The van der Waals surface area contributed by atoms with Crippen LogP contribution in [0.2, 0.25) is 0 Å². The summed E-state index contributed by atoms with van der Waals surface area (Å²) < 4.78 is 14.0. The number of rotatable bonds is 3. The number of nitrogens with one attached hydrogen (secondary N) is 2. The molecular weight excluding hydrogens is 411 g/mol. The first-order valence-corrected chi connectivity index (χ1v) is 10.7. The molecule has 1 amide bonds. The van der Waals surface area contributed by atoms with Crippen LogP contribution in [-0.2, 0) is 4.79 Å². The first-order valence-electron chi connectivity index (χ1n) is 10.7. The van der Waals surface area contributed by atoms with Crippen molar-refractivity contribution in [2.24, 2.45) is 5.92 Å². The summed E-state index contributed by atoms with van der Waals surface area (Å²) in [4.78, 5) is 27.5. The Kier molecular flexibility index (Phi) is 5.01. The van der Waals surface area contributed by atoms with Crippen molar-refractivity contribution in [3.05, 3.63) is 36.4 Å². The summed E-state index contributed by atoms with van der Waals surface area (Å²) in [6, 6.07) is 5.19. The molecule has 2 aliphatic heterocycles. The highest BCUT2D eigenvalue weighted by molar-refractivity contribution is 5.97. The molecule has 0 aliphatic carbocycles. The molecule has 0 radical (unpaired) electrons. The van der Waals surface area contributed by atoms with E-state index in [4.69, 9.17) is 10.7 Å². The quantitative estimate of drug-likeness (QED) is 0.575. The highest BCUT2D eigenvalue weighted by Crippen LogP contribution is 2.38. The van der Waals surface area contributed by atoms with E-state index >= 15 is 0 Å². The van der Waals surface area contributed by atoms with Gasteiger partial charge in [0, 0.05) is 30.8 Å². The molecule has 3 aromatic rings. The Hall–Kier alpha value is -3.53. The lowest BCUT2D eigenvalue weighted by Gasteiger charge is -2.37. The number of fused-ring (bicyclic) bond motifs is 3. The molecule has 5 rings (SSSR count). The molecule has 0 unspecified atom stereocenters. The molecule has 2 aliphatic rings. The smallest absolute Gasteiger partial charge is 0.225 e. The Morgan fingerprint density at radius 3 is 2.72 bits per heavy atom. The molecule has 32 heavy (non-hydrogen) atoms. The minimum Gasteiger partial charge on any atom is -0.381 e. The molecule has 0 bridgehead atoms. The Morgan fingerprint density at radius 1 is 1.22 bits per heavy atom. The maximum Gasteiger partial charge on any atom is 0.225 e. The Bertz CT molecular complexity index is 1190. The van der Waals surface area contributed by atoms with Crippen LogP contribution in [-0.4, -0.2) is 44.9 Å². The van der Waals surface area contributed by atoms with E-state index in [1.165, 1.54) is 12.3 Å². The van der Waals surface area contributed by atoms with Gasteiger partial charge in [-0.1, -0.05) is 13.8 Å². The number of nitrogens with zero attached hydrogens (tertiary/aromatic N) is 5. The number of hydrogen-bond acceptors (Lipinski definition) is 8. The van der Waals surface area contributed by atoms with Crippen molar-refractivity contribution in [2.75, 3.05) is 29.3 Å². The second-order valence-corrected chi connectivity index (χ2v) is 8.49. The number of hydrazine groups is 2. The molecule has 10 heteroatoms.